The number of alkyl halides is 3. The molecular formula is C28H31F3N6O3. The predicted octanol–water partition coefficient (Wildman–Crippen LogP) is 4.67. The largest absolute Gasteiger partial charge is 0.573 e. The van der Waals surface area contributed by atoms with E-state index in [4.69, 9.17) is 5.73 Å². The van der Waals surface area contributed by atoms with Gasteiger partial charge in [-0.05, 0) is 74.1 Å². The van der Waals surface area contributed by atoms with Crippen LogP contribution < -0.4 is 10.5 Å². The fourth-order valence-corrected chi connectivity index (χ4v) is 5.43. The van der Waals surface area contributed by atoms with Gasteiger partial charge in [0.15, 0.2) is 5.82 Å². The molecule has 2 N–H and O–H groups in total. The summed E-state index contributed by atoms with van der Waals surface area (Å²) < 4.78 is 44.6. The van der Waals surface area contributed by atoms with Crippen molar-refractivity contribution in [3.63, 3.8) is 0 Å². The molecule has 9 nitrogen and oxygen atoms in total. The normalized spacial score (nSPS) is 15.0. The summed E-state index contributed by atoms with van der Waals surface area (Å²) in [4.78, 5) is 29.7. The predicted molar refractivity (Wildman–Crippen MR) is 140 cm³/mol. The number of rotatable bonds is 5. The van der Waals surface area contributed by atoms with E-state index in [0.29, 0.717) is 29.7 Å². The number of amides is 3. The van der Waals surface area contributed by atoms with Gasteiger partial charge in [0.2, 0.25) is 5.91 Å². The van der Waals surface area contributed by atoms with Crippen molar-refractivity contribution in [1.82, 2.24) is 24.6 Å². The van der Waals surface area contributed by atoms with Crippen LogP contribution in [0.5, 0.6) is 5.75 Å². The second-order valence-corrected chi connectivity index (χ2v) is 11.1. The molecule has 1 aromatic heterocycles. The van der Waals surface area contributed by atoms with Crippen molar-refractivity contribution in [2.24, 2.45) is 5.73 Å². The molecule has 0 fully saturated rings. The smallest absolute Gasteiger partial charge is 0.406 e. The number of aryl methyl sites for hydroxylation is 1. The minimum absolute atomic E-state index is 0.129. The zero-order valence-corrected chi connectivity index (χ0v) is 22.6. The number of nitrogens with two attached hydrogens (primary N) is 1. The van der Waals surface area contributed by atoms with Crippen LogP contribution in [0.3, 0.4) is 0 Å². The number of primary amides is 1. The van der Waals surface area contributed by atoms with Crippen LogP contribution >= 0.6 is 0 Å². The number of carbonyl (C=O) groups excluding carboxylic acids is 2. The van der Waals surface area contributed by atoms with E-state index in [-0.39, 0.29) is 30.4 Å². The minimum atomic E-state index is -4.82. The summed E-state index contributed by atoms with van der Waals surface area (Å²) in [6.07, 6.45) is -2.57. The SMILES string of the molecule is CC(C)(C)N(Cc1nnc2n1CCC2)C(=O)N1CCc2c(-c3cccc(OC(F)(F)F)c3)ccc(C(N)=O)c2C1. The van der Waals surface area contributed by atoms with E-state index >= 15 is 0 Å². The Kier molecular flexibility index (Phi) is 6.97. The Bertz CT molecular complexity index is 1460. The van der Waals surface area contributed by atoms with Gasteiger partial charge in [0.1, 0.15) is 11.6 Å². The molecule has 2 aliphatic heterocycles. The van der Waals surface area contributed by atoms with Crippen LogP contribution in [-0.2, 0) is 32.5 Å². The third-order valence-corrected chi connectivity index (χ3v) is 7.35. The Morgan fingerprint density at radius 2 is 1.82 bits per heavy atom. The molecule has 0 aliphatic carbocycles. The molecule has 5 rings (SSSR count). The summed E-state index contributed by atoms with van der Waals surface area (Å²) in [6.45, 7) is 7.44. The highest BCUT2D eigenvalue weighted by Gasteiger charge is 2.35. The molecule has 0 radical (unpaired) electrons. The number of carbonyl (C=O) groups is 2. The summed E-state index contributed by atoms with van der Waals surface area (Å²) in [6, 6.07) is 8.72. The number of ether oxygens (including phenoxy) is 1. The van der Waals surface area contributed by atoms with Crippen molar-refractivity contribution in [3.05, 3.63) is 64.7 Å². The van der Waals surface area contributed by atoms with Crippen LogP contribution in [0.15, 0.2) is 36.4 Å². The van der Waals surface area contributed by atoms with E-state index in [1.165, 1.54) is 18.2 Å². The second-order valence-electron chi connectivity index (χ2n) is 11.1. The van der Waals surface area contributed by atoms with Crippen molar-refractivity contribution in [2.45, 2.75) is 71.6 Å². The molecule has 212 valence electrons. The third kappa shape index (κ3) is 5.47. The van der Waals surface area contributed by atoms with Crippen molar-refractivity contribution in [2.75, 3.05) is 6.54 Å². The number of hydrogen-bond acceptors (Lipinski definition) is 5. The van der Waals surface area contributed by atoms with E-state index in [2.05, 4.69) is 19.5 Å². The number of aromatic nitrogens is 3. The molecule has 3 amide bonds. The Labute approximate surface area is 229 Å². The summed E-state index contributed by atoms with van der Waals surface area (Å²) in [5, 5.41) is 8.59. The lowest BCUT2D eigenvalue weighted by molar-refractivity contribution is -0.274. The highest BCUT2D eigenvalue weighted by Crippen LogP contribution is 2.36. The summed E-state index contributed by atoms with van der Waals surface area (Å²) >= 11 is 0. The van der Waals surface area contributed by atoms with Gasteiger partial charge < -0.3 is 24.8 Å². The highest BCUT2D eigenvalue weighted by atomic mass is 19.4. The quantitative estimate of drug-likeness (QED) is 0.492. The van der Waals surface area contributed by atoms with Gasteiger partial charge in [0.25, 0.3) is 0 Å². The topological polar surface area (TPSA) is 107 Å². The lowest BCUT2D eigenvalue weighted by Crippen LogP contribution is -2.52. The van der Waals surface area contributed by atoms with Crippen LogP contribution in [0.25, 0.3) is 11.1 Å². The number of benzene rings is 2. The van der Waals surface area contributed by atoms with Crippen LogP contribution in [0.1, 0.15) is 60.3 Å². The second kappa shape index (κ2) is 10.1. The number of hydrogen-bond donors (Lipinski definition) is 1. The molecule has 0 saturated carbocycles. The summed E-state index contributed by atoms with van der Waals surface area (Å²) in [7, 11) is 0. The van der Waals surface area contributed by atoms with Crippen LogP contribution in [-0.4, -0.2) is 54.9 Å². The molecule has 40 heavy (non-hydrogen) atoms. The fourth-order valence-electron chi connectivity index (χ4n) is 5.43. The Morgan fingerprint density at radius 3 is 2.52 bits per heavy atom. The first-order valence-corrected chi connectivity index (χ1v) is 13.1. The summed E-state index contributed by atoms with van der Waals surface area (Å²) in [5.41, 5.74) is 7.96. The Balaban J connectivity index is 1.46. The van der Waals surface area contributed by atoms with E-state index in [9.17, 15) is 22.8 Å². The van der Waals surface area contributed by atoms with E-state index < -0.39 is 17.8 Å². The van der Waals surface area contributed by atoms with Gasteiger partial charge >= 0.3 is 12.4 Å². The van der Waals surface area contributed by atoms with Gasteiger partial charge in [0, 0.05) is 37.2 Å². The highest BCUT2D eigenvalue weighted by molar-refractivity contribution is 5.96. The van der Waals surface area contributed by atoms with Crippen LogP contribution in [0.4, 0.5) is 18.0 Å². The molecule has 3 aromatic rings. The maximum Gasteiger partial charge on any atom is 0.573 e. The van der Waals surface area contributed by atoms with E-state index in [1.807, 2.05) is 20.8 Å². The first-order valence-electron chi connectivity index (χ1n) is 13.1. The molecule has 0 unspecified atom stereocenters. The van der Waals surface area contributed by atoms with Crippen molar-refractivity contribution >= 4 is 11.9 Å². The van der Waals surface area contributed by atoms with Crippen LogP contribution in [0.2, 0.25) is 0 Å². The van der Waals surface area contributed by atoms with E-state index in [1.54, 1.807) is 28.0 Å². The zero-order valence-electron chi connectivity index (χ0n) is 22.6. The Morgan fingerprint density at radius 1 is 1.05 bits per heavy atom. The van der Waals surface area contributed by atoms with Gasteiger partial charge in [-0.3, -0.25) is 4.79 Å². The van der Waals surface area contributed by atoms with Gasteiger partial charge in [-0.1, -0.05) is 18.2 Å². The lowest BCUT2D eigenvalue weighted by atomic mass is 9.87. The molecule has 0 atom stereocenters. The monoisotopic (exact) mass is 556 g/mol. The zero-order chi connectivity index (χ0) is 28.8. The molecule has 12 heteroatoms. The van der Waals surface area contributed by atoms with Gasteiger partial charge in [-0.2, -0.15) is 0 Å². The standard InChI is InChI=1S/C28H31F3N6O3/c1-27(2,3)37(16-24-34-33-23-8-5-12-36(23)24)26(39)35-13-11-20-19(9-10-21(25(32)38)22(20)15-35)17-6-4-7-18(14-17)40-28(29,30)31/h4,6-7,9-10,14H,5,8,11-13,15-16H2,1-3H3,(H2,32,38). The maximum atomic E-state index is 13.9. The summed E-state index contributed by atoms with van der Waals surface area (Å²) in [5.74, 6) is 0.671. The first kappa shape index (κ1) is 27.5. The van der Waals surface area contributed by atoms with Crippen molar-refractivity contribution in [1.29, 1.82) is 0 Å². The van der Waals surface area contributed by atoms with Gasteiger partial charge in [-0.15, -0.1) is 23.4 Å². The Hall–Kier alpha value is -4.09. The fraction of sp³-hybridized carbons (Fsp3) is 0.429. The number of urea groups is 1. The number of halogens is 3. The molecule has 2 aliphatic rings. The average Bonchev–Trinajstić information content (AvgIpc) is 3.49. The van der Waals surface area contributed by atoms with Gasteiger partial charge in [0.05, 0.1) is 6.54 Å². The molecule has 0 bridgehead atoms. The lowest BCUT2D eigenvalue weighted by Gasteiger charge is -2.41. The first-order chi connectivity index (χ1) is 18.8. The molecule has 0 saturated heterocycles. The van der Waals surface area contributed by atoms with Crippen molar-refractivity contribution < 1.29 is 27.5 Å². The minimum Gasteiger partial charge on any atom is -0.406 e. The third-order valence-electron chi connectivity index (χ3n) is 7.35. The molecular weight excluding hydrogens is 525 g/mol. The molecule has 0 spiro atoms. The average molecular weight is 557 g/mol. The molecule has 3 heterocycles. The van der Waals surface area contributed by atoms with Gasteiger partial charge in [-0.25, -0.2) is 4.79 Å². The maximum absolute atomic E-state index is 13.9. The van der Waals surface area contributed by atoms with Crippen molar-refractivity contribution in [3.8, 4) is 16.9 Å². The van der Waals surface area contributed by atoms with Crippen LogP contribution in [0, 0.1) is 0 Å². The van der Waals surface area contributed by atoms with E-state index in [0.717, 1.165) is 36.6 Å². The number of nitrogens with zero attached hydrogens (tertiary/aromatic N) is 5. The number of fused-ring (bicyclic) bond motifs is 2. The molecule has 2 aromatic carbocycles.